The van der Waals surface area contributed by atoms with E-state index in [1.165, 1.54) is 0 Å². The maximum atomic E-state index is 11.9. The molecule has 2 amide bonds. The molecule has 0 radical (unpaired) electrons. The quantitative estimate of drug-likeness (QED) is 0.700. The fourth-order valence-corrected chi connectivity index (χ4v) is 1.57. The minimum Gasteiger partial charge on any atom is -0.481 e. The van der Waals surface area contributed by atoms with Crippen molar-refractivity contribution >= 4 is 12.0 Å². The van der Waals surface area contributed by atoms with Crippen molar-refractivity contribution in [1.82, 2.24) is 14.7 Å². The summed E-state index contributed by atoms with van der Waals surface area (Å²) in [6, 6.07) is -0.0563. The van der Waals surface area contributed by atoms with E-state index in [0.717, 1.165) is 13.0 Å². The standard InChI is InChI=1S/C12H25N3O3/c1-13(2)8-6-10-15(4)12(18)14(3)9-5-7-11(16)17/h5-10H2,1-4H3,(H,16,17). The number of urea groups is 1. The van der Waals surface area contributed by atoms with Crippen LogP contribution in [-0.4, -0.2) is 79.6 Å². The summed E-state index contributed by atoms with van der Waals surface area (Å²) in [7, 11) is 7.47. The van der Waals surface area contributed by atoms with Crippen LogP contribution in [0.1, 0.15) is 19.3 Å². The highest BCUT2D eigenvalue weighted by Crippen LogP contribution is 1.99. The molecule has 1 N–H and O–H groups in total. The van der Waals surface area contributed by atoms with Gasteiger partial charge >= 0.3 is 12.0 Å². The Labute approximate surface area is 109 Å². The van der Waals surface area contributed by atoms with Gasteiger partial charge < -0.3 is 19.8 Å². The molecule has 0 rings (SSSR count). The Balaban J connectivity index is 3.85. The predicted octanol–water partition coefficient (Wildman–Crippen LogP) is 0.786. The third-order valence-corrected chi connectivity index (χ3v) is 2.64. The molecule has 0 bridgehead atoms. The van der Waals surface area contributed by atoms with E-state index in [0.29, 0.717) is 19.5 Å². The molecule has 6 heteroatoms. The van der Waals surface area contributed by atoms with Crippen molar-refractivity contribution in [2.45, 2.75) is 19.3 Å². The van der Waals surface area contributed by atoms with Gasteiger partial charge in [0.1, 0.15) is 0 Å². The van der Waals surface area contributed by atoms with E-state index in [-0.39, 0.29) is 12.5 Å². The Bertz CT molecular complexity index is 269. The SMILES string of the molecule is CN(C)CCCN(C)C(=O)N(C)CCCC(=O)O. The minimum atomic E-state index is -0.824. The molecule has 6 nitrogen and oxygen atoms in total. The van der Waals surface area contributed by atoms with Gasteiger partial charge in [0.25, 0.3) is 0 Å². The number of carboxylic acids is 1. The number of rotatable bonds is 8. The molecule has 0 unspecified atom stereocenters. The van der Waals surface area contributed by atoms with Crippen LogP contribution >= 0.6 is 0 Å². The molecule has 0 saturated carbocycles. The van der Waals surface area contributed by atoms with Gasteiger partial charge in [-0.1, -0.05) is 0 Å². The molecule has 0 aliphatic rings. The zero-order valence-corrected chi connectivity index (χ0v) is 11.8. The normalized spacial score (nSPS) is 10.5. The van der Waals surface area contributed by atoms with Gasteiger partial charge in [-0.15, -0.1) is 0 Å². The van der Waals surface area contributed by atoms with Gasteiger partial charge in [-0.05, 0) is 33.5 Å². The largest absolute Gasteiger partial charge is 0.481 e. The Kier molecular flexibility index (Phi) is 8.11. The molecule has 106 valence electrons. The van der Waals surface area contributed by atoms with Crippen molar-refractivity contribution in [2.75, 3.05) is 47.8 Å². The second-order valence-electron chi connectivity index (χ2n) is 4.78. The van der Waals surface area contributed by atoms with E-state index >= 15 is 0 Å². The molecule has 18 heavy (non-hydrogen) atoms. The Hall–Kier alpha value is -1.30. The Morgan fingerprint density at radius 3 is 1.83 bits per heavy atom. The van der Waals surface area contributed by atoms with E-state index in [4.69, 9.17) is 5.11 Å². The lowest BCUT2D eigenvalue weighted by Crippen LogP contribution is -2.40. The van der Waals surface area contributed by atoms with Gasteiger partial charge in [-0.25, -0.2) is 4.79 Å². The van der Waals surface area contributed by atoms with Crippen molar-refractivity contribution in [3.05, 3.63) is 0 Å². The van der Waals surface area contributed by atoms with E-state index in [1.54, 1.807) is 23.9 Å². The smallest absolute Gasteiger partial charge is 0.319 e. The first kappa shape index (κ1) is 16.7. The first-order valence-corrected chi connectivity index (χ1v) is 6.17. The van der Waals surface area contributed by atoms with Crippen LogP contribution < -0.4 is 0 Å². The third kappa shape index (κ3) is 7.89. The van der Waals surface area contributed by atoms with Crippen molar-refractivity contribution in [1.29, 1.82) is 0 Å². The molecule has 0 atom stereocenters. The predicted molar refractivity (Wildman–Crippen MR) is 70.7 cm³/mol. The number of hydrogen-bond donors (Lipinski definition) is 1. The van der Waals surface area contributed by atoms with E-state index < -0.39 is 5.97 Å². The summed E-state index contributed by atoms with van der Waals surface area (Å²) in [5, 5.41) is 8.52. The molecule has 0 saturated heterocycles. The van der Waals surface area contributed by atoms with Crippen molar-refractivity contribution in [3.8, 4) is 0 Å². The van der Waals surface area contributed by atoms with Crippen LogP contribution in [0.15, 0.2) is 0 Å². The van der Waals surface area contributed by atoms with Crippen LogP contribution in [0.4, 0.5) is 4.79 Å². The second kappa shape index (κ2) is 8.74. The summed E-state index contributed by atoms with van der Waals surface area (Å²) >= 11 is 0. The second-order valence-corrected chi connectivity index (χ2v) is 4.78. The highest BCUT2D eigenvalue weighted by Gasteiger charge is 2.13. The monoisotopic (exact) mass is 259 g/mol. The lowest BCUT2D eigenvalue weighted by molar-refractivity contribution is -0.137. The van der Waals surface area contributed by atoms with Crippen LogP contribution in [0, 0.1) is 0 Å². The first-order chi connectivity index (χ1) is 8.34. The molecule has 0 aromatic rings. The van der Waals surface area contributed by atoms with Gasteiger partial charge in [0, 0.05) is 33.6 Å². The average Bonchev–Trinajstić information content (AvgIpc) is 2.26. The van der Waals surface area contributed by atoms with Crippen molar-refractivity contribution < 1.29 is 14.7 Å². The van der Waals surface area contributed by atoms with Crippen LogP contribution in [-0.2, 0) is 4.79 Å². The maximum Gasteiger partial charge on any atom is 0.319 e. The maximum absolute atomic E-state index is 11.9. The highest BCUT2D eigenvalue weighted by molar-refractivity contribution is 5.73. The number of carboxylic acid groups (broad SMARTS) is 1. The summed E-state index contributed by atoms with van der Waals surface area (Å²) in [5.74, 6) is -0.824. The fourth-order valence-electron chi connectivity index (χ4n) is 1.57. The molecule has 0 aromatic carbocycles. The molecule has 0 heterocycles. The van der Waals surface area contributed by atoms with Crippen LogP contribution in [0.25, 0.3) is 0 Å². The number of amides is 2. The summed E-state index contributed by atoms with van der Waals surface area (Å²) in [4.78, 5) is 27.6. The average molecular weight is 259 g/mol. The van der Waals surface area contributed by atoms with Crippen LogP contribution in [0.5, 0.6) is 0 Å². The third-order valence-electron chi connectivity index (χ3n) is 2.64. The Morgan fingerprint density at radius 2 is 1.39 bits per heavy atom. The number of nitrogens with zero attached hydrogens (tertiary/aromatic N) is 3. The molecular formula is C12H25N3O3. The van der Waals surface area contributed by atoms with E-state index in [1.807, 2.05) is 14.1 Å². The lowest BCUT2D eigenvalue weighted by atomic mass is 10.3. The topological polar surface area (TPSA) is 64.1 Å². The fraction of sp³-hybridized carbons (Fsp3) is 0.833. The summed E-state index contributed by atoms with van der Waals surface area (Å²) < 4.78 is 0. The number of aliphatic carboxylic acids is 1. The molecule has 0 aliphatic carbocycles. The molecule has 0 spiro atoms. The Morgan fingerprint density at radius 1 is 0.889 bits per heavy atom. The molecule has 0 aliphatic heterocycles. The minimum absolute atomic E-state index is 0.0563. The molecule has 0 fully saturated rings. The van der Waals surface area contributed by atoms with Crippen LogP contribution in [0.3, 0.4) is 0 Å². The molecular weight excluding hydrogens is 234 g/mol. The highest BCUT2D eigenvalue weighted by atomic mass is 16.4. The zero-order valence-electron chi connectivity index (χ0n) is 11.8. The van der Waals surface area contributed by atoms with Crippen LogP contribution in [0.2, 0.25) is 0 Å². The van der Waals surface area contributed by atoms with Gasteiger partial charge in [0.05, 0.1) is 0 Å². The summed E-state index contributed by atoms with van der Waals surface area (Å²) in [5.41, 5.74) is 0. The van der Waals surface area contributed by atoms with E-state index in [2.05, 4.69) is 4.90 Å². The van der Waals surface area contributed by atoms with Crippen molar-refractivity contribution in [2.24, 2.45) is 0 Å². The number of carbonyl (C=O) groups is 2. The lowest BCUT2D eigenvalue weighted by Gasteiger charge is -2.25. The zero-order chi connectivity index (χ0) is 14.1. The summed E-state index contributed by atoms with van der Waals surface area (Å²) in [6.07, 6.45) is 1.52. The van der Waals surface area contributed by atoms with Gasteiger partial charge in [-0.3, -0.25) is 4.79 Å². The molecule has 0 aromatic heterocycles. The summed E-state index contributed by atoms with van der Waals surface area (Å²) in [6.45, 7) is 2.13. The van der Waals surface area contributed by atoms with E-state index in [9.17, 15) is 9.59 Å². The van der Waals surface area contributed by atoms with Gasteiger partial charge in [0.15, 0.2) is 0 Å². The van der Waals surface area contributed by atoms with Gasteiger partial charge in [-0.2, -0.15) is 0 Å². The number of carbonyl (C=O) groups excluding carboxylic acids is 1. The van der Waals surface area contributed by atoms with Gasteiger partial charge in [0.2, 0.25) is 0 Å². The number of hydrogen-bond acceptors (Lipinski definition) is 3. The first-order valence-electron chi connectivity index (χ1n) is 6.17. The van der Waals surface area contributed by atoms with Crippen molar-refractivity contribution in [3.63, 3.8) is 0 Å².